The number of aromatic nitrogens is 8. The zero-order valence-corrected chi connectivity index (χ0v) is 27.0. The highest BCUT2D eigenvalue weighted by atomic mass is 32.2. The quantitative estimate of drug-likeness (QED) is 0.191. The SMILES string of the molecule is CNS(=O)(=O)CC1CCC(N(C)c2nc(-c3cc4c(-c5cnn([C@H](CC#N)C6CCCC6)c5)ncnc4[nH]3)nc3[nH]ccc23)CC1. The van der Waals surface area contributed by atoms with E-state index in [0.717, 1.165) is 77.7 Å². The number of aromatic amines is 2. The van der Waals surface area contributed by atoms with E-state index in [-0.39, 0.29) is 23.8 Å². The molecule has 0 saturated heterocycles. The minimum Gasteiger partial charge on any atom is -0.356 e. The minimum absolute atomic E-state index is 0.0631. The van der Waals surface area contributed by atoms with E-state index in [4.69, 9.17) is 9.97 Å². The molecule has 0 unspecified atom stereocenters. The third-order valence-corrected chi connectivity index (χ3v) is 11.5. The van der Waals surface area contributed by atoms with Gasteiger partial charge < -0.3 is 14.9 Å². The van der Waals surface area contributed by atoms with Crippen molar-refractivity contribution in [2.45, 2.75) is 69.9 Å². The zero-order valence-electron chi connectivity index (χ0n) is 26.1. The summed E-state index contributed by atoms with van der Waals surface area (Å²) in [6, 6.07) is 6.65. The first-order valence-corrected chi connectivity index (χ1v) is 17.7. The van der Waals surface area contributed by atoms with Gasteiger partial charge in [-0.1, -0.05) is 12.8 Å². The van der Waals surface area contributed by atoms with Crippen LogP contribution in [0.5, 0.6) is 0 Å². The molecule has 240 valence electrons. The third-order valence-electron chi connectivity index (χ3n) is 9.99. The highest BCUT2D eigenvalue weighted by Gasteiger charge is 2.30. The lowest BCUT2D eigenvalue weighted by Gasteiger charge is -2.35. The van der Waals surface area contributed by atoms with Crippen LogP contribution in [0.25, 0.3) is 44.8 Å². The lowest BCUT2D eigenvalue weighted by atomic mass is 9.86. The summed E-state index contributed by atoms with van der Waals surface area (Å²) >= 11 is 0. The van der Waals surface area contributed by atoms with Crippen molar-refractivity contribution in [2.75, 3.05) is 24.7 Å². The molecule has 2 aliphatic carbocycles. The van der Waals surface area contributed by atoms with Crippen LogP contribution in [0.15, 0.2) is 37.1 Å². The molecule has 13 nitrogen and oxygen atoms in total. The van der Waals surface area contributed by atoms with Crippen LogP contribution in [0.4, 0.5) is 5.82 Å². The Morgan fingerprint density at radius 3 is 2.67 bits per heavy atom. The Kier molecular flexibility index (Phi) is 8.20. The average molecular weight is 642 g/mol. The first-order valence-electron chi connectivity index (χ1n) is 16.1. The van der Waals surface area contributed by atoms with Gasteiger partial charge in [0.05, 0.1) is 47.3 Å². The van der Waals surface area contributed by atoms with Gasteiger partial charge in [0.1, 0.15) is 23.4 Å². The lowest BCUT2D eigenvalue weighted by molar-refractivity contribution is 0.315. The van der Waals surface area contributed by atoms with Gasteiger partial charge in [0.25, 0.3) is 0 Å². The maximum atomic E-state index is 12.1. The molecule has 0 amide bonds. The van der Waals surface area contributed by atoms with Gasteiger partial charge in [0, 0.05) is 36.4 Å². The molecule has 0 aliphatic heterocycles. The monoisotopic (exact) mass is 641 g/mol. The molecule has 2 saturated carbocycles. The number of nitriles is 1. The van der Waals surface area contributed by atoms with E-state index in [1.165, 1.54) is 19.9 Å². The zero-order chi connectivity index (χ0) is 31.8. The fraction of sp³-hybridized carbons (Fsp3) is 0.500. The number of fused-ring (bicyclic) bond motifs is 2. The van der Waals surface area contributed by atoms with Crippen LogP contribution in [-0.4, -0.2) is 74.0 Å². The molecule has 5 heterocycles. The summed E-state index contributed by atoms with van der Waals surface area (Å²) in [5, 5.41) is 16.0. The Labute approximate surface area is 267 Å². The maximum Gasteiger partial charge on any atom is 0.211 e. The summed E-state index contributed by atoms with van der Waals surface area (Å²) in [5.74, 6) is 2.17. The normalized spacial score (nSPS) is 19.9. The van der Waals surface area contributed by atoms with Crippen LogP contribution in [0.1, 0.15) is 63.8 Å². The molecule has 5 aromatic heterocycles. The van der Waals surface area contributed by atoms with Crippen molar-refractivity contribution in [3.05, 3.63) is 37.1 Å². The summed E-state index contributed by atoms with van der Waals surface area (Å²) in [4.78, 5) is 27.9. The highest BCUT2D eigenvalue weighted by molar-refractivity contribution is 7.89. The fourth-order valence-electron chi connectivity index (χ4n) is 7.42. The van der Waals surface area contributed by atoms with Gasteiger partial charge >= 0.3 is 0 Å². The standard InChI is InChI=1S/C32H39N11O2S/c1-34-46(44,45)18-20-7-9-23(10-8-20)42(2)32-24-12-14-35-29(24)40-31(41-32)26-15-25-28(36-19-37-30(25)39-26)22-16-38-43(17-22)27(11-13-33)21-5-3-4-6-21/h12,14-17,19-21,23,27,34H,3-11,18H2,1-2H3,(H,35,40,41)(H,36,37,39)/t20?,23?,27-/m1/s1. The second-order valence-corrected chi connectivity index (χ2v) is 14.7. The molecule has 14 heteroatoms. The Bertz CT molecular complexity index is 1990. The summed E-state index contributed by atoms with van der Waals surface area (Å²) in [6.07, 6.45) is 15.8. The van der Waals surface area contributed by atoms with Crippen LogP contribution in [-0.2, 0) is 10.0 Å². The molecule has 3 N–H and O–H groups in total. The number of hydrogen-bond donors (Lipinski definition) is 3. The Morgan fingerprint density at radius 2 is 1.91 bits per heavy atom. The smallest absolute Gasteiger partial charge is 0.211 e. The molecule has 7 rings (SSSR count). The van der Waals surface area contributed by atoms with E-state index < -0.39 is 10.0 Å². The molecule has 0 radical (unpaired) electrons. The number of hydrogen-bond acceptors (Lipinski definition) is 9. The largest absolute Gasteiger partial charge is 0.356 e. The molecule has 2 aliphatic rings. The maximum absolute atomic E-state index is 12.1. The van der Waals surface area contributed by atoms with Gasteiger partial charge in [-0.25, -0.2) is 33.1 Å². The van der Waals surface area contributed by atoms with Crippen molar-refractivity contribution in [2.24, 2.45) is 11.8 Å². The first-order chi connectivity index (χ1) is 22.3. The van der Waals surface area contributed by atoms with Gasteiger partial charge in [-0.2, -0.15) is 10.4 Å². The molecular weight excluding hydrogens is 602 g/mol. The van der Waals surface area contributed by atoms with Gasteiger partial charge in [-0.15, -0.1) is 0 Å². The third kappa shape index (κ3) is 5.85. The van der Waals surface area contributed by atoms with Crippen molar-refractivity contribution < 1.29 is 8.42 Å². The second-order valence-electron chi connectivity index (χ2n) is 12.7. The van der Waals surface area contributed by atoms with Crippen molar-refractivity contribution in [1.29, 1.82) is 5.26 Å². The van der Waals surface area contributed by atoms with Gasteiger partial charge in [-0.05, 0) is 69.5 Å². The molecule has 1 atom stereocenters. The highest BCUT2D eigenvalue weighted by Crippen LogP contribution is 2.38. The predicted octanol–water partition coefficient (Wildman–Crippen LogP) is 4.95. The number of sulfonamides is 1. The molecule has 0 bridgehead atoms. The van der Waals surface area contributed by atoms with Crippen LogP contribution in [0, 0.1) is 23.2 Å². The number of rotatable bonds is 10. The first kappa shape index (κ1) is 30.3. The number of anilines is 1. The topological polar surface area (TPSA) is 174 Å². The van der Waals surface area contributed by atoms with E-state index in [1.54, 1.807) is 6.33 Å². The van der Waals surface area contributed by atoms with E-state index in [1.807, 2.05) is 35.4 Å². The van der Waals surface area contributed by atoms with Gasteiger partial charge in [0.15, 0.2) is 5.82 Å². The Balaban J connectivity index is 1.17. The fourth-order valence-corrected chi connectivity index (χ4v) is 8.54. The van der Waals surface area contributed by atoms with Crippen LogP contribution >= 0.6 is 0 Å². The summed E-state index contributed by atoms with van der Waals surface area (Å²) in [6.45, 7) is 0. The van der Waals surface area contributed by atoms with Crippen molar-refractivity contribution in [1.82, 2.24) is 44.4 Å². The van der Waals surface area contributed by atoms with E-state index in [2.05, 4.69) is 47.8 Å². The molecule has 0 aromatic carbocycles. The average Bonchev–Trinajstić information content (AvgIpc) is 3.89. The van der Waals surface area contributed by atoms with Crippen LogP contribution in [0.2, 0.25) is 0 Å². The van der Waals surface area contributed by atoms with Crippen molar-refractivity contribution in [3.63, 3.8) is 0 Å². The number of H-pyrrole nitrogens is 2. The van der Waals surface area contributed by atoms with Crippen LogP contribution < -0.4 is 9.62 Å². The minimum atomic E-state index is -3.23. The van der Waals surface area contributed by atoms with Crippen molar-refractivity contribution >= 4 is 37.9 Å². The Morgan fingerprint density at radius 1 is 1.11 bits per heavy atom. The molecule has 2 fully saturated rings. The Hall–Kier alpha value is -4.35. The molecule has 0 spiro atoms. The number of nitrogens with one attached hydrogen (secondary N) is 3. The number of nitrogens with zero attached hydrogens (tertiary/aromatic N) is 8. The molecule has 46 heavy (non-hydrogen) atoms. The van der Waals surface area contributed by atoms with Gasteiger partial charge in [0.2, 0.25) is 10.0 Å². The summed E-state index contributed by atoms with van der Waals surface area (Å²) in [7, 11) is 0.311. The van der Waals surface area contributed by atoms with Crippen LogP contribution in [0.3, 0.4) is 0 Å². The van der Waals surface area contributed by atoms with E-state index in [0.29, 0.717) is 23.8 Å². The molecule has 5 aromatic rings. The lowest BCUT2D eigenvalue weighted by Crippen LogP contribution is -2.38. The van der Waals surface area contributed by atoms with Crippen molar-refractivity contribution in [3.8, 4) is 28.8 Å². The second kappa shape index (κ2) is 12.4. The predicted molar refractivity (Wildman–Crippen MR) is 176 cm³/mol. The summed E-state index contributed by atoms with van der Waals surface area (Å²) < 4.78 is 28.6. The van der Waals surface area contributed by atoms with E-state index >= 15 is 0 Å². The van der Waals surface area contributed by atoms with Gasteiger partial charge in [-0.3, -0.25) is 4.68 Å². The molecular formula is C32H39N11O2S. The summed E-state index contributed by atoms with van der Waals surface area (Å²) in [5.41, 5.74) is 3.78. The van der Waals surface area contributed by atoms with E-state index in [9.17, 15) is 13.7 Å².